The molecule has 2 aromatic heterocycles. The number of rotatable bonds is 18. The van der Waals surface area contributed by atoms with Crippen molar-refractivity contribution in [2.24, 2.45) is 9.98 Å². The van der Waals surface area contributed by atoms with Gasteiger partial charge in [0.15, 0.2) is 0 Å². The molecule has 452 valence electrons. The summed E-state index contributed by atoms with van der Waals surface area (Å²) in [6.07, 6.45) is 11.4. The van der Waals surface area contributed by atoms with Crippen molar-refractivity contribution >= 4 is 45.5 Å². The molecule has 0 aliphatic rings. The zero-order chi connectivity index (χ0) is 60.0. The van der Waals surface area contributed by atoms with Gasteiger partial charge in [-0.15, -0.1) is 11.4 Å². The molecule has 0 N–H and O–H groups in total. The normalized spacial score (nSPS) is 11.9. The maximum atomic E-state index is 5.08. The molecule has 0 radical (unpaired) electrons. The first kappa shape index (κ1) is 74.2. The number of aromatic nitrogens is 2. The number of hydrogen-bond donors (Lipinski definition) is 0. The van der Waals surface area contributed by atoms with Gasteiger partial charge in [-0.05, 0) is 108 Å². The molecule has 82 heavy (non-hydrogen) atoms. The van der Waals surface area contributed by atoms with Gasteiger partial charge in [0.05, 0.1) is 11.4 Å². The maximum Gasteiger partial charge on any atom is 0.0701 e. The number of anilines is 2. The molecule has 0 aliphatic heterocycles. The quantitative estimate of drug-likeness (QED) is 0.0634. The van der Waals surface area contributed by atoms with Crippen LogP contribution >= 0.6 is 0 Å². The molecule has 2 heterocycles. The molecule has 8 nitrogen and oxygen atoms in total. The van der Waals surface area contributed by atoms with Gasteiger partial charge in [0.25, 0.3) is 0 Å². The average Bonchev–Trinajstić information content (AvgIpc) is 3.39. The van der Waals surface area contributed by atoms with Gasteiger partial charge >= 0.3 is 0 Å². The van der Waals surface area contributed by atoms with E-state index < -0.39 is 0 Å². The van der Waals surface area contributed by atoms with Crippen LogP contribution in [0.1, 0.15) is 230 Å². The number of para-hydroxylation sites is 4. The summed E-state index contributed by atoms with van der Waals surface area (Å²) in [7, 11) is 8.04. The molecule has 10 heteroatoms. The molecule has 0 fully saturated rings. The first-order valence-corrected chi connectivity index (χ1v) is 29.2. The number of aliphatic imine (C=N–C) groups is 2. The Labute approximate surface area is 519 Å². The zero-order valence-electron chi connectivity index (χ0n) is 54.5. The van der Waals surface area contributed by atoms with Crippen LogP contribution in [-0.4, -0.2) is 49.6 Å². The molecular formula is C72H102N8Ni2-2. The largest absolute Gasteiger partial charge is 0.661 e. The molecule has 6 rings (SSSR count). The number of hydrogen-bond acceptors (Lipinski definition) is 6. The van der Waals surface area contributed by atoms with Crippen LogP contribution in [0.15, 0.2) is 155 Å². The van der Waals surface area contributed by atoms with Gasteiger partial charge in [-0.25, -0.2) is 0 Å². The van der Waals surface area contributed by atoms with E-state index in [0.29, 0.717) is 47.3 Å². The Hall–Kier alpha value is -5.81. The number of allylic oxidation sites excluding steroid dienone is 4. The van der Waals surface area contributed by atoms with Crippen LogP contribution < -0.4 is 9.80 Å². The Morgan fingerprint density at radius 1 is 0.354 bits per heavy atom. The average molecular weight is 1200 g/mol. The van der Waals surface area contributed by atoms with E-state index in [2.05, 4.69) is 233 Å². The van der Waals surface area contributed by atoms with Crippen LogP contribution in [0.3, 0.4) is 0 Å². The van der Waals surface area contributed by atoms with Crippen LogP contribution in [0, 0.1) is 0 Å². The van der Waals surface area contributed by atoms with E-state index in [4.69, 9.17) is 20.6 Å². The minimum Gasteiger partial charge on any atom is -0.661 e. The van der Waals surface area contributed by atoms with Gasteiger partial charge < -0.3 is 20.4 Å². The monoisotopic (exact) mass is 1190 g/mol. The van der Waals surface area contributed by atoms with E-state index in [1.165, 1.54) is 55.9 Å². The van der Waals surface area contributed by atoms with Gasteiger partial charge in [0.2, 0.25) is 0 Å². The summed E-state index contributed by atoms with van der Waals surface area (Å²) in [5.41, 5.74) is 21.3. The number of nitrogens with zero attached hydrogens (tertiary/aromatic N) is 8. The summed E-state index contributed by atoms with van der Waals surface area (Å²) < 4.78 is 0. The van der Waals surface area contributed by atoms with Gasteiger partial charge in [-0.3, -0.25) is 20.0 Å². The maximum absolute atomic E-state index is 5.08. The van der Waals surface area contributed by atoms with Crippen molar-refractivity contribution in [3.05, 3.63) is 201 Å². The molecule has 0 atom stereocenters. The van der Waals surface area contributed by atoms with Crippen LogP contribution in [0.25, 0.3) is 10.6 Å². The molecular weight excluding hydrogens is 1090 g/mol. The minimum atomic E-state index is 0. The summed E-state index contributed by atoms with van der Waals surface area (Å²) in [6, 6.07) is 34.2. The van der Waals surface area contributed by atoms with E-state index in [0.717, 1.165) is 45.6 Å². The standard InChI is InChI=1S/2C29H41N2.2C7H10N2.2Ni/c2*1-18(2)24-13-11-14-25(19(3)4)28(24)30-22(9)17-23(10)31-29-26(20(5)6)15-12-16-27(29)21(7)8;2*1-9(2)7-3-5-8-6-4-7;;/h2*11-21H,1-10H3;2*3-6H,1-2H3;;/q2*-1;;;;/b2*22-17-,31-23?;;;;. The smallest absolute Gasteiger partial charge is 0.0701 e. The van der Waals surface area contributed by atoms with Crippen molar-refractivity contribution < 1.29 is 33.0 Å². The van der Waals surface area contributed by atoms with E-state index >= 15 is 0 Å². The third-order valence-electron chi connectivity index (χ3n) is 13.7. The predicted octanol–water partition coefficient (Wildman–Crippen LogP) is 22.1. The summed E-state index contributed by atoms with van der Waals surface area (Å²) in [5.74, 6) is 3.49. The molecule has 0 saturated heterocycles. The second-order valence-electron chi connectivity index (χ2n) is 23.9. The van der Waals surface area contributed by atoms with Gasteiger partial charge in [-0.2, -0.15) is 11.4 Å². The topological polar surface area (TPSA) is 85.2 Å². The molecule has 0 saturated carbocycles. The molecule has 0 bridgehead atoms. The summed E-state index contributed by atoms with van der Waals surface area (Å²) in [6.45, 7) is 44.1. The Morgan fingerprint density at radius 2 is 0.561 bits per heavy atom. The van der Waals surface area contributed by atoms with Crippen molar-refractivity contribution in [1.29, 1.82) is 0 Å². The number of benzene rings is 4. The first-order valence-electron chi connectivity index (χ1n) is 29.2. The van der Waals surface area contributed by atoms with Crippen LogP contribution in [-0.2, 0) is 33.0 Å². The van der Waals surface area contributed by atoms with E-state index in [-0.39, 0.29) is 33.0 Å². The number of pyridine rings is 2. The van der Waals surface area contributed by atoms with E-state index in [1.807, 2.05) is 62.3 Å². The fourth-order valence-electron chi connectivity index (χ4n) is 9.29. The molecule has 0 unspecified atom stereocenters. The predicted molar refractivity (Wildman–Crippen MR) is 355 cm³/mol. The van der Waals surface area contributed by atoms with Gasteiger partial charge in [0.1, 0.15) is 0 Å². The third kappa shape index (κ3) is 23.4. The van der Waals surface area contributed by atoms with Crippen molar-refractivity contribution in [1.82, 2.24) is 9.97 Å². The molecule has 0 aliphatic carbocycles. The zero-order valence-corrected chi connectivity index (χ0v) is 56.5. The molecule has 0 spiro atoms. The van der Waals surface area contributed by atoms with Crippen LogP contribution in [0.4, 0.5) is 34.1 Å². The minimum absolute atomic E-state index is 0. The Bertz CT molecular complexity index is 2640. The SMILES string of the molecule is CC(/C=C(/C)[N-]c1c(C(C)C)cccc1C(C)C)=Nc1c(C(C)C)cccc1C(C)C.CC(/C=C(/C)[N-]c1c(C(C)C)cccc1C(C)C)=Nc1c(C(C)C)cccc1C(C)C.CN(C)c1ccncc1.CN(C)c1ccncc1.[Ni].[Ni]. The molecule has 4 aromatic carbocycles. The Kier molecular flexibility index (Phi) is 33.2. The van der Waals surface area contributed by atoms with Gasteiger partial charge in [-0.1, -0.05) is 232 Å². The first-order chi connectivity index (χ1) is 37.7. The summed E-state index contributed by atoms with van der Waals surface area (Å²) >= 11 is 0. The second-order valence-corrected chi connectivity index (χ2v) is 23.9. The van der Waals surface area contributed by atoms with Crippen LogP contribution in [0.2, 0.25) is 0 Å². The fourth-order valence-corrected chi connectivity index (χ4v) is 9.29. The van der Waals surface area contributed by atoms with E-state index in [1.54, 1.807) is 24.8 Å². The second kappa shape index (κ2) is 36.7. The van der Waals surface area contributed by atoms with Crippen molar-refractivity contribution in [3.63, 3.8) is 0 Å². The Morgan fingerprint density at radius 3 is 0.744 bits per heavy atom. The van der Waals surface area contributed by atoms with Crippen molar-refractivity contribution in [2.75, 3.05) is 38.0 Å². The van der Waals surface area contributed by atoms with Crippen molar-refractivity contribution in [3.8, 4) is 0 Å². The van der Waals surface area contributed by atoms with E-state index in [9.17, 15) is 0 Å². The Balaban J connectivity index is 0.000000616. The summed E-state index contributed by atoms with van der Waals surface area (Å²) in [5, 5.41) is 10.2. The van der Waals surface area contributed by atoms with Crippen molar-refractivity contribution in [2.45, 2.75) is 186 Å². The third-order valence-corrected chi connectivity index (χ3v) is 13.7. The van der Waals surface area contributed by atoms with Gasteiger partial charge in [0, 0.05) is 109 Å². The fraction of sp³-hybridized carbons (Fsp3) is 0.444. The molecule has 6 aromatic rings. The van der Waals surface area contributed by atoms with Crippen LogP contribution in [0.5, 0.6) is 0 Å². The summed E-state index contributed by atoms with van der Waals surface area (Å²) in [4.78, 5) is 22.0. The molecule has 0 amide bonds.